The third-order valence-electron chi connectivity index (χ3n) is 4.31. The Kier molecular flexibility index (Phi) is 6.23. The molecule has 1 aromatic rings. The summed E-state index contributed by atoms with van der Waals surface area (Å²) in [5, 5.41) is 3.29. The number of nitrogens with zero attached hydrogens (tertiary/aromatic N) is 2. The first-order chi connectivity index (χ1) is 11.3. The van der Waals surface area contributed by atoms with E-state index in [9.17, 15) is 18.0 Å². The Labute approximate surface area is 140 Å². The summed E-state index contributed by atoms with van der Waals surface area (Å²) < 4.78 is 37.3. The average Bonchev–Trinajstić information content (AvgIpc) is 2.54. The molecule has 0 aliphatic carbocycles. The molecule has 2 rings (SSSR count). The van der Waals surface area contributed by atoms with Gasteiger partial charge in [0.1, 0.15) is 6.54 Å². The summed E-state index contributed by atoms with van der Waals surface area (Å²) in [6, 6.07) is 8.17. The normalized spacial score (nSPS) is 19.3. The van der Waals surface area contributed by atoms with Crippen LogP contribution in [0.2, 0.25) is 0 Å². The van der Waals surface area contributed by atoms with Crippen molar-refractivity contribution in [1.82, 2.24) is 15.1 Å². The van der Waals surface area contributed by atoms with Gasteiger partial charge in [0.05, 0.1) is 6.54 Å². The molecule has 1 atom stereocenters. The van der Waals surface area contributed by atoms with Crippen LogP contribution in [0, 0.1) is 0 Å². The highest BCUT2D eigenvalue weighted by Crippen LogP contribution is 2.23. The van der Waals surface area contributed by atoms with Gasteiger partial charge in [0.25, 0.3) is 0 Å². The molecular weight excluding hydrogens is 319 g/mol. The number of aryl methyl sites for hydroxylation is 1. The Morgan fingerprint density at radius 1 is 1.33 bits per heavy atom. The lowest BCUT2D eigenvalue weighted by Gasteiger charge is -2.37. The van der Waals surface area contributed by atoms with Crippen LogP contribution in [0.1, 0.15) is 24.1 Å². The molecule has 24 heavy (non-hydrogen) atoms. The number of halogens is 3. The second-order valence-electron chi connectivity index (χ2n) is 6.15. The molecule has 1 fully saturated rings. The van der Waals surface area contributed by atoms with Crippen molar-refractivity contribution in [2.75, 3.05) is 39.8 Å². The summed E-state index contributed by atoms with van der Waals surface area (Å²) in [5.41, 5.74) is 2.31. The van der Waals surface area contributed by atoms with Gasteiger partial charge in [0, 0.05) is 32.7 Å². The van der Waals surface area contributed by atoms with Crippen molar-refractivity contribution in [3.05, 3.63) is 35.4 Å². The van der Waals surface area contributed by atoms with Crippen molar-refractivity contribution in [2.24, 2.45) is 0 Å². The number of piperazine rings is 1. The van der Waals surface area contributed by atoms with Crippen LogP contribution in [0.5, 0.6) is 0 Å². The maximum atomic E-state index is 12.4. The molecular formula is C17H24F3N3O. The van der Waals surface area contributed by atoms with Crippen molar-refractivity contribution in [3.8, 4) is 0 Å². The van der Waals surface area contributed by atoms with E-state index in [1.54, 1.807) is 0 Å². The minimum absolute atomic E-state index is 0.00550. The predicted octanol–water partition coefficient (Wildman–Crippen LogP) is 2.22. The molecule has 134 valence electrons. The molecule has 1 heterocycles. The number of hydrogen-bond acceptors (Lipinski definition) is 3. The van der Waals surface area contributed by atoms with E-state index >= 15 is 0 Å². The first-order valence-electron chi connectivity index (χ1n) is 8.14. The molecule has 0 saturated carbocycles. The largest absolute Gasteiger partial charge is 0.406 e. The highest BCUT2D eigenvalue weighted by Gasteiger charge is 2.33. The van der Waals surface area contributed by atoms with E-state index in [1.165, 1.54) is 12.6 Å². The molecule has 1 aromatic carbocycles. The number of alkyl halides is 3. The van der Waals surface area contributed by atoms with E-state index in [4.69, 9.17) is 0 Å². The van der Waals surface area contributed by atoms with Crippen LogP contribution < -0.4 is 5.32 Å². The first kappa shape index (κ1) is 18.7. The molecule has 7 heteroatoms. The maximum Gasteiger partial charge on any atom is 0.406 e. The van der Waals surface area contributed by atoms with Crippen LogP contribution in [0.25, 0.3) is 0 Å². The zero-order valence-electron chi connectivity index (χ0n) is 14.1. The third-order valence-corrected chi connectivity index (χ3v) is 4.31. The second kappa shape index (κ2) is 7.98. The van der Waals surface area contributed by atoms with Crippen molar-refractivity contribution in [3.63, 3.8) is 0 Å². The second-order valence-corrected chi connectivity index (χ2v) is 6.15. The van der Waals surface area contributed by atoms with Crippen molar-refractivity contribution in [2.45, 2.75) is 25.6 Å². The molecule has 4 nitrogen and oxygen atoms in total. The number of benzene rings is 1. The Morgan fingerprint density at radius 3 is 2.58 bits per heavy atom. The van der Waals surface area contributed by atoms with Gasteiger partial charge in [-0.1, -0.05) is 31.2 Å². The van der Waals surface area contributed by atoms with E-state index in [0.29, 0.717) is 13.1 Å². The molecule has 1 unspecified atom stereocenters. The molecule has 1 aliphatic heterocycles. The number of carbonyl (C=O) groups is 1. The van der Waals surface area contributed by atoms with Crippen molar-refractivity contribution >= 4 is 5.91 Å². The summed E-state index contributed by atoms with van der Waals surface area (Å²) in [4.78, 5) is 14.8. The monoisotopic (exact) mass is 343 g/mol. The minimum atomic E-state index is -4.37. The molecule has 1 aliphatic rings. The van der Waals surface area contributed by atoms with Gasteiger partial charge in [-0.3, -0.25) is 9.69 Å². The van der Waals surface area contributed by atoms with Gasteiger partial charge in [-0.15, -0.1) is 0 Å². The summed E-state index contributed by atoms with van der Waals surface area (Å²) in [7, 11) is 1.20. The molecule has 0 spiro atoms. The average molecular weight is 343 g/mol. The lowest BCUT2D eigenvalue weighted by atomic mass is 10.0. The topological polar surface area (TPSA) is 35.6 Å². The Hall–Kier alpha value is -1.60. The first-order valence-corrected chi connectivity index (χ1v) is 8.14. The number of nitrogens with one attached hydrogen (secondary N) is 1. The van der Waals surface area contributed by atoms with E-state index in [0.717, 1.165) is 23.4 Å². The van der Waals surface area contributed by atoms with Crippen LogP contribution in [0.4, 0.5) is 13.2 Å². The summed E-state index contributed by atoms with van der Waals surface area (Å²) in [6.45, 7) is 2.90. The quantitative estimate of drug-likeness (QED) is 0.890. The molecule has 1 saturated heterocycles. The predicted molar refractivity (Wildman–Crippen MR) is 86.7 cm³/mol. The third kappa shape index (κ3) is 5.21. The van der Waals surface area contributed by atoms with Gasteiger partial charge in [0.2, 0.25) is 5.91 Å². The number of carbonyl (C=O) groups excluding carboxylic acids is 1. The van der Waals surface area contributed by atoms with Crippen LogP contribution in [0.15, 0.2) is 24.3 Å². The fourth-order valence-electron chi connectivity index (χ4n) is 2.89. The lowest BCUT2D eigenvalue weighted by Crippen LogP contribution is -2.50. The Morgan fingerprint density at radius 2 is 2.00 bits per heavy atom. The van der Waals surface area contributed by atoms with E-state index < -0.39 is 18.6 Å². The Balaban J connectivity index is 2.04. The van der Waals surface area contributed by atoms with Gasteiger partial charge in [-0.25, -0.2) is 0 Å². The van der Waals surface area contributed by atoms with Crippen LogP contribution in [-0.4, -0.2) is 61.7 Å². The number of amides is 1. The molecule has 1 amide bonds. The molecule has 1 N–H and O–H groups in total. The lowest BCUT2D eigenvalue weighted by molar-refractivity contribution is -0.159. The number of rotatable bonds is 5. The van der Waals surface area contributed by atoms with Gasteiger partial charge in [-0.2, -0.15) is 13.2 Å². The standard InChI is InChI=1S/C17H24F3N3O/c1-3-13-4-6-14(7-5-13)15-10-21-8-9-23(15)11-16(24)22(2)12-17(18,19)20/h4-7,15,21H,3,8-12H2,1-2H3. The van der Waals surface area contributed by atoms with Crippen molar-refractivity contribution in [1.29, 1.82) is 0 Å². The van der Waals surface area contributed by atoms with Gasteiger partial charge >= 0.3 is 6.18 Å². The molecule has 0 bridgehead atoms. The van der Waals surface area contributed by atoms with Crippen LogP contribution in [0.3, 0.4) is 0 Å². The fraction of sp³-hybridized carbons (Fsp3) is 0.588. The molecule has 0 aromatic heterocycles. The van der Waals surface area contributed by atoms with Gasteiger partial charge in [0.15, 0.2) is 0 Å². The zero-order valence-corrected chi connectivity index (χ0v) is 14.1. The van der Waals surface area contributed by atoms with Crippen molar-refractivity contribution < 1.29 is 18.0 Å². The summed E-state index contributed by atoms with van der Waals surface area (Å²) >= 11 is 0. The summed E-state index contributed by atoms with van der Waals surface area (Å²) in [6.07, 6.45) is -3.42. The van der Waals surface area contributed by atoms with Gasteiger partial charge in [-0.05, 0) is 17.5 Å². The van der Waals surface area contributed by atoms with Gasteiger partial charge < -0.3 is 10.2 Å². The zero-order chi connectivity index (χ0) is 17.7. The highest BCUT2D eigenvalue weighted by molar-refractivity contribution is 5.78. The van der Waals surface area contributed by atoms with Crippen LogP contribution >= 0.6 is 0 Å². The minimum Gasteiger partial charge on any atom is -0.336 e. The number of likely N-dealkylation sites (N-methyl/N-ethyl adjacent to an activating group) is 1. The summed E-state index contributed by atoms with van der Waals surface area (Å²) in [5.74, 6) is -0.510. The highest BCUT2D eigenvalue weighted by atomic mass is 19.4. The SMILES string of the molecule is CCc1ccc(C2CNCCN2CC(=O)N(C)CC(F)(F)F)cc1. The van der Waals surface area contributed by atoms with E-state index in [-0.39, 0.29) is 12.6 Å². The van der Waals surface area contributed by atoms with E-state index in [2.05, 4.69) is 24.4 Å². The Bertz CT molecular complexity index is 545. The maximum absolute atomic E-state index is 12.4. The molecule has 0 radical (unpaired) electrons. The smallest absolute Gasteiger partial charge is 0.336 e. The van der Waals surface area contributed by atoms with E-state index in [1.807, 2.05) is 17.0 Å². The fourth-order valence-corrected chi connectivity index (χ4v) is 2.89. The van der Waals surface area contributed by atoms with Crippen LogP contribution in [-0.2, 0) is 11.2 Å². The number of hydrogen-bond donors (Lipinski definition) is 1.